The van der Waals surface area contributed by atoms with E-state index in [1.807, 2.05) is 12.4 Å². The van der Waals surface area contributed by atoms with Crippen LogP contribution in [0.1, 0.15) is 13.3 Å². The normalized spacial score (nSPS) is 22.1. The van der Waals surface area contributed by atoms with E-state index < -0.39 is 0 Å². The molecule has 0 radical (unpaired) electrons. The minimum absolute atomic E-state index is 0.549. The Kier molecular flexibility index (Phi) is 2.49. The van der Waals surface area contributed by atoms with Gasteiger partial charge in [0, 0.05) is 31.5 Å². The highest BCUT2D eigenvalue weighted by atomic mass is 15.2. The van der Waals surface area contributed by atoms with Gasteiger partial charge in [0.2, 0.25) is 5.95 Å². The minimum Gasteiger partial charge on any atom is -0.352 e. The van der Waals surface area contributed by atoms with Crippen molar-refractivity contribution in [3.05, 3.63) is 12.4 Å². The monoisotopic (exact) mass is 180 g/mol. The molecule has 0 aromatic carbocycles. The fourth-order valence-electron chi connectivity index (χ4n) is 1.66. The molecule has 1 aromatic heterocycles. The van der Waals surface area contributed by atoms with Crippen LogP contribution in [0.3, 0.4) is 0 Å². The first kappa shape index (κ1) is 8.56. The van der Waals surface area contributed by atoms with Gasteiger partial charge in [-0.2, -0.15) is 0 Å². The highest BCUT2D eigenvalue weighted by Gasteiger charge is 2.15. The maximum atomic E-state index is 4.27. The highest BCUT2D eigenvalue weighted by molar-refractivity contribution is 5.28. The topological polar surface area (TPSA) is 41.9 Å². The lowest BCUT2D eigenvalue weighted by atomic mass is 10.3. The summed E-state index contributed by atoms with van der Waals surface area (Å²) in [5.74, 6) is 0.996. The molecule has 1 fully saturated rings. The summed E-state index contributed by atoms with van der Waals surface area (Å²) in [6.45, 7) is 5.27. The van der Waals surface area contributed by atoms with Crippen molar-refractivity contribution in [1.82, 2.24) is 14.9 Å². The third kappa shape index (κ3) is 1.83. The van der Waals surface area contributed by atoms with E-state index in [1.54, 1.807) is 0 Å². The smallest absolute Gasteiger partial charge is 0.203 e. The lowest BCUT2D eigenvalue weighted by molar-refractivity contribution is 0.724. The Morgan fingerprint density at radius 2 is 2.69 bits per heavy atom. The summed E-state index contributed by atoms with van der Waals surface area (Å²) in [4.78, 5) is 4.27. The van der Waals surface area contributed by atoms with Crippen molar-refractivity contribution in [1.29, 1.82) is 0 Å². The van der Waals surface area contributed by atoms with E-state index in [-0.39, 0.29) is 0 Å². The van der Waals surface area contributed by atoms with Crippen LogP contribution in [0.15, 0.2) is 12.4 Å². The molecule has 1 unspecified atom stereocenters. The van der Waals surface area contributed by atoms with Gasteiger partial charge in [0.1, 0.15) is 0 Å². The van der Waals surface area contributed by atoms with Gasteiger partial charge in [-0.1, -0.05) is 0 Å². The molecule has 1 aliphatic rings. The number of hydrogen-bond donors (Lipinski definition) is 2. The maximum absolute atomic E-state index is 4.27. The van der Waals surface area contributed by atoms with Gasteiger partial charge in [-0.05, 0) is 19.9 Å². The van der Waals surface area contributed by atoms with Crippen LogP contribution in [-0.4, -0.2) is 28.7 Å². The molecule has 0 aliphatic carbocycles. The molecule has 4 nitrogen and oxygen atoms in total. The molecule has 2 N–H and O–H groups in total. The second kappa shape index (κ2) is 3.79. The Hall–Kier alpha value is -1.03. The molecule has 4 heteroatoms. The summed E-state index contributed by atoms with van der Waals surface area (Å²) in [6, 6.07) is 0.549. The van der Waals surface area contributed by atoms with E-state index in [0.717, 1.165) is 25.6 Å². The summed E-state index contributed by atoms with van der Waals surface area (Å²) < 4.78 is 2.12. The van der Waals surface area contributed by atoms with E-state index >= 15 is 0 Å². The molecule has 13 heavy (non-hydrogen) atoms. The lowest BCUT2D eigenvalue weighted by Gasteiger charge is -2.12. The zero-order valence-corrected chi connectivity index (χ0v) is 7.95. The number of aryl methyl sites for hydroxylation is 1. The first-order valence-electron chi connectivity index (χ1n) is 4.88. The second-order valence-corrected chi connectivity index (χ2v) is 3.37. The summed E-state index contributed by atoms with van der Waals surface area (Å²) >= 11 is 0. The Morgan fingerprint density at radius 3 is 3.38 bits per heavy atom. The first-order valence-corrected chi connectivity index (χ1v) is 4.88. The molecule has 1 atom stereocenters. The van der Waals surface area contributed by atoms with Crippen molar-refractivity contribution in [3.63, 3.8) is 0 Å². The molecule has 0 amide bonds. The predicted octanol–water partition coefficient (Wildman–Crippen LogP) is 0.677. The fourth-order valence-corrected chi connectivity index (χ4v) is 1.66. The molecule has 1 saturated heterocycles. The molecule has 72 valence electrons. The molecular weight excluding hydrogens is 164 g/mol. The van der Waals surface area contributed by atoms with E-state index in [1.165, 1.54) is 6.42 Å². The summed E-state index contributed by atoms with van der Waals surface area (Å²) in [5, 5.41) is 6.75. The molecule has 2 rings (SSSR count). The number of aromatic nitrogens is 2. The standard InChI is InChI=1S/C9H16N4/c1-2-13-6-5-11-9(13)12-8-3-4-10-7-8/h5-6,8,10H,2-4,7H2,1H3,(H,11,12). The number of nitrogens with one attached hydrogen (secondary N) is 2. The molecule has 1 aromatic rings. The minimum atomic E-state index is 0.549. The van der Waals surface area contributed by atoms with Crippen LogP contribution in [-0.2, 0) is 6.54 Å². The molecule has 1 aliphatic heterocycles. The zero-order chi connectivity index (χ0) is 9.10. The third-order valence-corrected chi connectivity index (χ3v) is 2.45. The fraction of sp³-hybridized carbons (Fsp3) is 0.667. The van der Waals surface area contributed by atoms with Gasteiger partial charge in [-0.25, -0.2) is 4.98 Å². The maximum Gasteiger partial charge on any atom is 0.203 e. The van der Waals surface area contributed by atoms with Gasteiger partial charge in [0.05, 0.1) is 0 Å². The number of imidazole rings is 1. The zero-order valence-electron chi connectivity index (χ0n) is 7.95. The summed E-state index contributed by atoms with van der Waals surface area (Å²) in [5.41, 5.74) is 0. The van der Waals surface area contributed by atoms with Gasteiger partial charge in [0.25, 0.3) is 0 Å². The van der Waals surface area contributed by atoms with Crippen LogP contribution in [0.5, 0.6) is 0 Å². The number of rotatable bonds is 3. The average molecular weight is 180 g/mol. The molecule has 2 heterocycles. The van der Waals surface area contributed by atoms with Crippen molar-refractivity contribution in [2.75, 3.05) is 18.4 Å². The van der Waals surface area contributed by atoms with Crippen molar-refractivity contribution < 1.29 is 0 Å². The molecule has 0 saturated carbocycles. The van der Waals surface area contributed by atoms with Crippen LogP contribution < -0.4 is 10.6 Å². The number of hydrogen-bond acceptors (Lipinski definition) is 3. The highest BCUT2D eigenvalue weighted by Crippen LogP contribution is 2.09. The second-order valence-electron chi connectivity index (χ2n) is 3.37. The van der Waals surface area contributed by atoms with Crippen molar-refractivity contribution in [3.8, 4) is 0 Å². The van der Waals surface area contributed by atoms with Crippen LogP contribution in [0.4, 0.5) is 5.95 Å². The average Bonchev–Trinajstić information content (AvgIpc) is 2.76. The van der Waals surface area contributed by atoms with E-state index in [2.05, 4.69) is 27.1 Å². The van der Waals surface area contributed by atoms with E-state index in [0.29, 0.717) is 6.04 Å². The van der Waals surface area contributed by atoms with Gasteiger partial charge >= 0.3 is 0 Å². The Labute approximate surface area is 78.4 Å². The molecule has 0 spiro atoms. The van der Waals surface area contributed by atoms with Crippen molar-refractivity contribution in [2.24, 2.45) is 0 Å². The number of anilines is 1. The summed E-state index contributed by atoms with van der Waals surface area (Å²) in [7, 11) is 0. The predicted molar refractivity (Wildman–Crippen MR) is 52.8 cm³/mol. The van der Waals surface area contributed by atoms with Crippen LogP contribution >= 0.6 is 0 Å². The van der Waals surface area contributed by atoms with E-state index in [4.69, 9.17) is 0 Å². The van der Waals surface area contributed by atoms with Gasteiger partial charge in [-0.15, -0.1) is 0 Å². The Balaban J connectivity index is 1.99. The molecular formula is C9H16N4. The SMILES string of the molecule is CCn1ccnc1NC1CCNC1. The van der Waals surface area contributed by atoms with Gasteiger partial charge in [-0.3, -0.25) is 0 Å². The van der Waals surface area contributed by atoms with E-state index in [9.17, 15) is 0 Å². The summed E-state index contributed by atoms with van der Waals surface area (Å²) in [6.07, 6.45) is 5.04. The quantitative estimate of drug-likeness (QED) is 0.718. The molecule has 0 bridgehead atoms. The number of nitrogens with zero attached hydrogens (tertiary/aromatic N) is 2. The Morgan fingerprint density at radius 1 is 1.77 bits per heavy atom. The van der Waals surface area contributed by atoms with Crippen LogP contribution in [0.2, 0.25) is 0 Å². The van der Waals surface area contributed by atoms with Crippen LogP contribution in [0.25, 0.3) is 0 Å². The third-order valence-electron chi connectivity index (χ3n) is 2.45. The van der Waals surface area contributed by atoms with Crippen molar-refractivity contribution in [2.45, 2.75) is 25.9 Å². The van der Waals surface area contributed by atoms with Gasteiger partial charge in [0.15, 0.2) is 0 Å². The largest absolute Gasteiger partial charge is 0.352 e. The lowest BCUT2D eigenvalue weighted by Crippen LogP contribution is -2.24. The first-order chi connectivity index (χ1) is 6.40. The van der Waals surface area contributed by atoms with Gasteiger partial charge < -0.3 is 15.2 Å². The van der Waals surface area contributed by atoms with Crippen molar-refractivity contribution >= 4 is 5.95 Å². The van der Waals surface area contributed by atoms with Crippen LogP contribution in [0, 0.1) is 0 Å². The Bertz CT molecular complexity index is 262.